The van der Waals surface area contributed by atoms with E-state index in [1.165, 1.54) is 32.5 Å². The first-order valence-corrected chi connectivity index (χ1v) is 16.1. The van der Waals surface area contributed by atoms with Crippen molar-refractivity contribution in [1.82, 2.24) is 33.6 Å². The minimum atomic E-state index is -4.74. The van der Waals surface area contributed by atoms with Crippen molar-refractivity contribution in [2.75, 3.05) is 31.6 Å². The van der Waals surface area contributed by atoms with E-state index in [9.17, 15) is 31.5 Å². The minimum absolute atomic E-state index is 0.00520. The molecule has 17 heteroatoms. The summed E-state index contributed by atoms with van der Waals surface area (Å²) in [6, 6.07) is 6.71. The summed E-state index contributed by atoms with van der Waals surface area (Å²) in [7, 11) is 3.30. The lowest BCUT2D eigenvalue weighted by molar-refractivity contribution is -0.137. The third kappa shape index (κ3) is 5.20. The summed E-state index contributed by atoms with van der Waals surface area (Å²) < 4.78 is 105. The molecule has 2 aliphatic rings. The van der Waals surface area contributed by atoms with Crippen LogP contribution < -0.4 is 4.90 Å². The second-order valence-electron chi connectivity index (χ2n) is 13.0. The van der Waals surface area contributed by atoms with Crippen LogP contribution in [0.25, 0.3) is 27.7 Å². The molecule has 52 heavy (non-hydrogen) atoms. The Bertz CT molecular complexity index is 2420. The highest BCUT2D eigenvalue weighted by Gasteiger charge is 2.39. The molecule has 8 rings (SSSR count). The van der Waals surface area contributed by atoms with Gasteiger partial charge in [-0.25, -0.2) is 32.3 Å². The number of anilines is 1. The standard InChI is InChI=1S/C35H27F7N8O2/c1-46-8-5-17-12-25(49-7-3-4-20(29(17)49)27-21(35(40,41)42)13-24-28(30(27)46)43-15-47(24)2)31(51)19-10-22(36)26(23(37)11-19)18-6-9-48(14-18)34(52)50-16-44-33(45-50)32(38)39/h3-4,7,10-13,15-16,18,32H,5-6,8-9,14H2,1-2H3. The van der Waals surface area contributed by atoms with Crippen LogP contribution in [0.4, 0.5) is 41.2 Å². The number of ketones is 1. The lowest BCUT2D eigenvalue weighted by Crippen LogP contribution is -2.33. The van der Waals surface area contributed by atoms with Crippen LogP contribution in [0.1, 0.15) is 57.3 Å². The number of imidazole rings is 1. The molecule has 6 aromatic rings. The molecule has 0 radical (unpaired) electrons. The van der Waals surface area contributed by atoms with Gasteiger partial charge in [0.25, 0.3) is 6.43 Å². The molecule has 1 fully saturated rings. The van der Waals surface area contributed by atoms with Crippen molar-refractivity contribution in [1.29, 1.82) is 0 Å². The molecule has 1 amide bonds. The lowest BCUT2D eigenvalue weighted by atomic mass is 9.92. The van der Waals surface area contributed by atoms with Gasteiger partial charge >= 0.3 is 12.2 Å². The van der Waals surface area contributed by atoms with Gasteiger partial charge in [0, 0.05) is 68.1 Å². The zero-order valence-corrected chi connectivity index (χ0v) is 27.4. The van der Waals surface area contributed by atoms with Gasteiger partial charge < -0.3 is 18.8 Å². The Kier molecular flexibility index (Phi) is 7.66. The number of amides is 1. The lowest BCUT2D eigenvalue weighted by Gasteiger charge is -2.28. The molecule has 2 aliphatic heterocycles. The van der Waals surface area contributed by atoms with E-state index in [0.717, 1.165) is 24.5 Å². The van der Waals surface area contributed by atoms with E-state index in [-0.39, 0.29) is 54.0 Å². The fraction of sp³-hybridized carbons (Fsp3) is 0.286. The summed E-state index contributed by atoms with van der Waals surface area (Å²) in [6.45, 7) is 0.207. The Morgan fingerprint density at radius 1 is 0.981 bits per heavy atom. The second kappa shape index (κ2) is 11.9. The SMILES string of the molecule is CN1CCc2cc(C(=O)c3cc(F)c(C4CCN(C(=O)n5cnc(C(F)F)n5)C4)c(F)c3)n3cccc(c23)-c2c(C(F)(F)F)cc3c(ncn3C)c21. The third-order valence-electron chi connectivity index (χ3n) is 9.88. The molecule has 1 saturated heterocycles. The highest BCUT2D eigenvalue weighted by molar-refractivity contribution is 6.10. The molecule has 1 atom stereocenters. The van der Waals surface area contributed by atoms with Crippen molar-refractivity contribution in [2.24, 2.45) is 7.05 Å². The summed E-state index contributed by atoms with van der Waals surface area (Å²) in [5, 5.41) is 3.46. The normalized spacial score (nSPS) is 16.2. The summed E-state index contributed by atoms with van der Waals surface area (Å²) in [6.07, 6.45) is -3.41. The average Bonchev–Trinajstić information content (AvgIpc) is 3.91. The molecular formula is C35H27F7N8O2. The Morgan fingerprint density at radius 2 is 1.73 bits per heavy atom. The fourth-order valence-corrected chi connectivity index (χ4v) is 7.46. The highest BCUT2D eigenvalue weighted by Crippen LogP contribution is 2.48. The molecule has 0 aliphatic carbocycles. The number of hydrogen-bond donors (Lipinski definition) is 0. The number of alkyl halides is 5. The van der Waals surface area contributed by atoms with Gasteiger partial charge in [0.05, 0.1) is 34.3 Å². The van der Waals surface area contributed by atoms with Crippen molar-refractivity contribution < 1.29 is 40.3 Å². The monoisotopic (exact) mass is 724 g/mol. The number of benzene rings is 2. The molecule has 6 heterocycles. The van der Waals surface area contributed by atoms with E-state index >= 15 is 8.78 Å². The van der Waals surface area contributed by atoms with Crippen molar-refractivity contribution in [3.63, 3.8) is 0 Å². The number of halogens is 7. The minimum Gasteiger partial charge on any atom is -0.372 e. The third-order valence-corrected chi connectivity index (χ3v) is 9.88. The van der Waals surface area contributed by atoms with Crippen LogP contribution in [0.15, 0.2) is 55.2 Å². The van der Waals surface area contributed by atoms with Crippen molar-refractivity contribution >= 4 is 34.1 Å². The zero-order chi connectivity index (χ0) is 36.8. The van der Waals surface area contributed by atoms with Gasteiger partial charge in [0.2, 0.25) is 11.6 Å². The maximum atomic E-state index is 15.7. The highest BCUT2D eigenvalue weighted by atomic mass is 19.4. The van der Waals surface area contributed by atoms with Gasteiger partial charge in [-0.2, -0.15) is 17.9 Å². The Morgan fingerprint density at radius 3 is 2.42 bits per heavy atom. The summed E-state index contributed by atoms with van der Waals surface area (Å²) >= 11 is 0. The van der Waals surface area contributed by atoms with E-state index in [2.05, 4.69) is 15.1 Å². The van der Waals surface area contributed by atoms with Gasteiger partial charge in [-0.15, -0.1) is 5.10 Å². The molecule has 268 valence electrons. The number of likely N-dealkylation sites (N-methyl/N-ethyl adjacent to an activating group) is 1. The van der Waals surface area contributed by atoms with E-state index in [4.69, 9.17) is 0 Å². The molecule has 10 nitrogen and oxygen atoms in total. The van der Waals surface area contributed by atoms with E-state index in [0.29, 0.717) is 38.9 Å². The average molecular weight is 725 g/mol. The number of aryl methyl sites for hydroxylation is 1. The summed E-state index contributed by atoms with van der Waals surface area (Å²) in [5.74, 6) is -4.43. The molecule has 4 aromatic heterocycles. The number of carbonyl (C=O) groups excluding carboxylic acids is 2. The predicted molar refractivity (Wildman–Crippen MR) is 174 cm³/mol. The van der Waals surface area contributed by atoms with Gasteiger partial charge in [-0.05, 0) is 48.7 Å². The van der Waals surface area contributed by atoms with Crippen LogP contribution in [0.2, 0.25) is 0 Å². The summed E-state index contributed by atoms with van der Waals surface area (Å²) in [4.78, 5) is 37.6. The predicted octanol–water partition coefficient (Wildman–Crippen LogP) is 7.00. The number of pyridine rings is 1. The Labute approximate surface area is 289 Å². The van der Waals surface area contributed by atoms with Gasteiger partial charge in [-0.1, -0.05) is 6.07 Å². The number of nitrogens with zero attached hydrogens (tertiary/aromatic N) is 8. The Balaban J connectivity index is 1.16. The van der Waals surface area contributed by atoms with E-state index < -0.39 is 53.4 Å². The van der Waals surface area contributed by atoms with Crippen LogP contribution >= 0.6 is 0 Å². The van der Waals surface area contributed by atoms with Crippen molar-refractivity contribution in [3.8, 4) is 11.1 Å². The maximum Gasteiger partial charge on any atom is 0.417 e. The summed E-state index contributed by atoms with van der Waals surface area (Å²) in [5.41, 5.74) is 0.544. The molecule has 0 bridgehead atoms. The molecule has 0 saturated carbocycles. The molecule has 0 N–H and O–H groups in total. The first kappa shape index (κ1) is 33.4. The van der Waals surface area contributed by atoms with E-state index in [1.54, 1.807) is 31.1 Å². The van der Waals surface area contributed by atoms with Crippen LogP contribution in [-0.2, 0) is 19.6 Å². The fourth-order valence-electron chi connectivity index (χ4n) is 7.46. The molecular weight excluding hydrogens is 697 g/mol. The first-order valence-electron chi connectivity index (χ1n) is 16.1. The largest absolute Gasteiger partial charge is 0.417 e. The smallest absolute Gasteiger partial charge is 0.372 e. The number of fused-ring (bicyclic) bond motifs is 4. The van der Waals surface area contributed by atoms with Gasteiger partial charge in [-0.3, -0.25) is 4.79 Å². The number of carbonyl (C=O) groups is 2. The number of rotatable bonds is 4. The number of likely N-dealkylation sites (tertiary alicyclic amines) is 1. The Hall–Kier alpha value is -5.74. The van der Waals surface area contributed by atoms with Crippen LogP contribution in [0, 0.1) is 11.6 Å². The number of hydrogen-bond acceptors (Lipinski definition) is 6. The van der Waals surface area contributed by atoms with Crippen LogP contribution in [0.5, 0.6) is 0 Å². The van der Waals surface area contributed by atoms with Crippen LogP contribution in [0.3, 0.4) is 0 Å². The van der Waals surface area contributed by atoms with Gasteiger partial charge in [0.15, 0.2) is 0 Å². The topological polar surface area (TPSA) is 93.6 Å². The van der Waals surface area contributed by atoms with Crippen molar-refractivity contribution in [2.45, 2.75) is 31.4 Å². The quantitative estimate of drug-likeness (QED) is 0.144. The van der Waals surface area contributed by atoms with Gasteiger partial charge in [0.1, 0.15) is 23.5 Å². The molecule has 1 unspecified atom stereocenters. The first-order chi connectivity index (χ1) is 24.7. The van der Waals surface area contributed by atoms with E-state index in [1.807, 2.05) is 0 Å². The van der Waals surface area contributed by atoms with Crippen molar-refractivity contribution in [3.05, 3.63) is 101 Å². The molecule has 0 spiro atoms. The van der Waals surface area contributed by atoms with Crippen LogP contribution in [-0.4, -0.2) is 72.1 Å². The maximum absolute atomic E-state index is 15.7. The molecule has 2 aromatic carbocycles. The second-order valence-corrected chi connectivity index (χ2v) is 13.0. The number of aromatic nitrogens is 6. The zero-order valence-electron chi connectivity index (χ0n) is 27.4.